The van der Waals surface area contributed by atoms with Crippen molar-refractivity contribution in [2.75, 3.05) is 27.4 Å². The van der Waals surface area contributed by atoms with Gasteiger partial charge in [0.2, 0.25) is 11.2 Å². The zero-order valence-electron chi connectivity index (χ0n) is 16.1. The number of rotatable bonds is 13. The van der Waals surface area contributed by atoms with Gasteiger partial charge in [-0.25, -0.2) is 9.59 Å². The van der Waals surface area contributed by atoms with Crippen LogP contribution in [0, 0.1) is 0 Å². The fourth-order valence-electron chi connectivity index (χ4n) is 2.83. The summed E-state index contributed by atoms with van der Waals surface area (Å²) in [5.41, 5.74) is -3.07. The Morgan fingerprint density at radius 1 is 0.708 bits per heavy atom. The largest absolute Gasteiger partial charge is 0.463 e. The smallest absolute Gasteiger partial charge is 0.342 e. The minimum atomic E-state index is -1.53. The molecule has 0 fully saturated rings. The summed E-state index contributed by atoms with van der Waals surface area (Å²) in [7, 11) is 2.79. The molecule has 0 rings (SSSR count). The molecule has 0 aromatic carbocycles. The fraction of sp³-hybridized carbons (Fsp3) is 0.889. The molecule has 0 heterocycles. The van der Waals surface area contributed by atoms with Crippen LogP contribution in [0.4, 0.5) is 0 Å². The highest BCUT2D eigenvalue weighted by Crippen LogP contribution is 2.38. The topological polar surface area (TPSA) is 71.1 Å². The highest BCUT2D eigenvalue weighted by Gasteiger charge is 2.62. The maximum Gasteiger partial charge on any atom is 0.342 e. The Morgan fingerprint density at radius 3 is 1.25 bits per heavy atom. The van der Waals surface area contributed by atoms with Crippen LogP contribution in [0.5, 0.6) is 0 Å². The third-order valence-electron chi connectivity index (χ3n) is 4.47. The van der Waals surface area contributed by atoms with E-state index < -0.39 is 23.1 Å². The third-order valence-corrected chi connectivity index (χ3v) is 4.47. The van der Waals surface area contributed by atoms with Crippen LogP contribution < -0.4 is 0 Å². The van der Waals surface area contributed by atoms with Crippen LogP contribution in [0.2, 0.25) is 0 Å². The van der Waals surface area contributed by atoms with Gasteiger partial charge in [0.1, 0.15) is 0 Å². The average Bonchev–Trinajstić information content (AvgIpc) is 2.60. The number of carbonyl (C=O) groups excluding carboxylic acids is 2. The molecule has 0 amide bonds. The van der Waals surface area contributed by atoms with Gasteiger partial charge < -0.3 is 18.9 Å². The second kappa shape index (κ2) is 11.4. The summed E-state index contributed by atoms with van der Waals surface area (Å²) in [5, 5.41) is 0. The summed E-state index contributed by atoms with van der Waals surface area (Å²) >= 11 is 0. The standard InChI is InChI=1S/C18H34O6/c1-7-11-13-23-15(19)17(9-3,21-5)18(10-4,22-6)16(20)24-14-12-8-2/h7-14H2,1-6H3. The molecule has 0 spiro atoms. The molecule has 142 valence electrons. The molecule has 0 bridgehead atoms. The molecule has 0 saturated heterocycles. The fourth-order valence-corrected chi connectivity index (χ4v) is 2.83. The first-order valence-corrected chi connectivity index (χ1v) is 8.90. The van der Waals surface area contributed by atoms with Gasteiger partial charge in [0.05, 0.1) is 13.2 Å². The normalized spacial score (nSPS) is 16.1. The summed E-state index contributed by atoms with van der Waals surface area (Å²) in [6.45, 7) is 8.13. The molecular weight excluding hydrogens is 312 g/mol. The minimum absolute atomic E-state index is 0.235. The molecule has 0 aromatic heterocycles. The van der Waals surface area contributed by atoms with Gasteiger partial charge in [0.15, 0.2) is 0 Å². The van der Waals surface area contributed by atoms with Gasteiger partial charge in [-0.15, -0.1) is 0 Å². The van der Waals surface area contributed by atoms with E-state index in [0.29, 0.717) is 0 Å². The lowest BCUT2D eigenvalue weighted by atomic mass is 9.78. The molecule has 2 atom stereocenters. The molecule has 0 aliphatic rings. The number of hydrogen-bond donors (Lipinski definition) is 0. The highest BCUT2D eigenvalue weighted by atomic mass is 16.6. The first-order chi connectivity index (χ1) is 11.5. The van der Waals surface area contributed by atoms with Crippen molar-refractivity contribution in [3.05, 3.63) is 0 Å². The summed E-state index contributed by atoms with van der Waals surface area (Å²) in [4.78, 5) is 25.5. The Balaban J connectivity index is 5.61. The van der Waals surface area contributed by atoms with E-state index in [9.17, 15) is 9.59 Å². The second-order valence-corrected chi connectivity index (χ2v) is 5.75. The maximum absolute atomic E-state index is 12.8. The van der Waals surface area contributed by atoms with Crippen LogP contribution in [0.1, 0.15) is 66.2 Å². The first-order valence-electron chi connectivity index (χ1n) is 8.90. The van der Waals surface area contributed by atoms with E-state index in [4.69, 9.17) is 18.9 Å². The lowest BCUT2D eigenvalue weighted by Crippen LogP contribution is -2.66. The molecule has 0 aliphatic heterocycles. The molecule has 6 heteroatoms. The summed E-state index contributed by atoms with van der Waals surface area (Å²) in [6, 6.07) is 0. The van der Waals surface area contributed by atoms with Gasteiger partial charge >= 0.3 is 11.9 Å². The Hall–Kier alpha value is -1.14. The molecule has 0 N–H and O–H groups in total. The summed E-state index contributed by atoms with van der Waals surface area (Å²) in [6.07, 6.45) is 3.78. The Kier molecular flexibility index (Phi) is 10.9. The van der Waals surface area contributed by atoms with Crippen molar-refractivity contribution >= 4 is 11.9 Å². The predicted molar refractivity (Wildman–Crippen MR) is 91.8 cm³/mol. The average molecular weight is 346 g/mol. The number of methoxy groups -OCH3 is 2. The zero-order chi connectivity index (χ0) is 18.6. The second-order valence-electron chi connectivity index (χ2n) is 5.75. The molecule has 0 radical (unpaired) electrons. The van der Waals surface area contributed by atoms with Crippen LogP contribution in [0.25, 0.3) is 0 Å². The van der Waals surface area contributed by atoms with E-state index in [1.807, 2.05) is 13.8 Å². The van der Waals surface area contributed by atoms with Crippen molar-refractivity contribution in [3.8, 4) is 0 Å². The summed E-state index contributed by atoms with van der Waals surface area (Å²) in [5.74, 6) is -1.17. The lowest BCUT2D eigenvalue weighted by molar-refractivity contribution is -0.227. The van der Waals surface area contributed by atoms with E-state index in [1.165, 1.54) is 14.2 Å². The van der Waals surface area contributed by atoms with E-state index in [-0.39, 0.29) is 26.1 Å². The van der Waals surface area contributed by atoms with Crippen LogP contribution in [-0.4, -0.2) is 50.6 Å². The van der Waals surface area contributed by atoms with Gasteiger partial charge in [-0.05, 0) is 25.7 Å². The van der Waals surface area contributed by atoms with Crippen molar-refractivity contribution in [2.24, 2.45) is 0 Å². The van der Waals surface area contributed by atoms with Crippen LogP contribution in [0.3, 0.4) is 0 Å². The van der Waals surface area contributed by atoms with Gasteiger partial charge in [-0.2, -0.15) is 0 Å². The molecule has 2 unspecified atom stereocenters. The SMILES string of the molecule is CCCCOC(=O)C(CC)(OC)C(CC)(OC)C(=O)OCCCC. The van der Waals surface area contributed by atoms with E-state index in [0.717, 1.165) is 25.7 Å². The van der Waals surface area contributed by atoms with Crippen molar-refractivity contribution in [3.63, 3.8) is 0 Å². The van der Waals surface area contributed by atoms with Gasteiger partial charge in [-0.1, -0.05) is 40.5 Å². The van der Waals surface area contributed by atoms with Crippen LogP contribution in [-0.2, 0) is 28.5 Å². The Bertz CT molecular complexity index is 336. The summed E-state index contributed by atoms with van der Waals surface area (Å²) < 4.78 is 21.8. The van der Waals surface area contributed by atoms with Crippen molar-refractivity contribution in [1.82, 2.24) is 0 Å². The zero-order valence-corrected chi connectivity index (χ0v) is 16.1. The molecule has 0 saturated carbocycles. The number of carbonyl (C=O) groups is 2. The monoisotopic (exact) mass is 346 g/mol. The third kappa shape index (κ3) is 4.70. The minimum Gasteiger partial charge on any atom is -0.463 e. The van der Waals surface area contributed by atoms with Gasteiger partial charge in [0.25, 0.3) is 0 Å². The molecule has 0 aliphatic carbocycles. The number of hydrogen-bond acceptors (Lipinski definition) is 6. The van der Waals surface area contributed by atoms with Gasteiger partial charge in [0, 0.05) is 14.2 Å². The highest BCUT2D eigenvalue weighted by molar-refractivity contribution is 5.93. The van der Waals surface area contributed by atoms with Crippen molar-refractivity contribution in [1.29, 1.82) is 0 Å². The van der Waals surface area contributed by atoms with Crippen LogP contribution >= 0.6 is 0 Å². The predicted octanol–water partition coefficient (Wildman–Crippen LogP) is 3.26. The Labute approximate surface area is 146 Å². The molecule has 24 heavy (non-hydrogen) atoms. The number of esters is 2. The van der Waals surface area contributed by atoms with E-state index in [1.54, 1.807) is 13.8 Å². The maximum atomic E-state index is 12.8. The van der Waals surface area contributed by atoms with Crippen LogP contribution in [0.15, 0.2) is 0 Å². The number of unbranched alkanes of at least 4 members (excludes halogenated alkanes) is 2. The van der Waals surface area contributed by atoms with E-state index in [2.05, 4.69) is 0 Å². The molecule has 6 nitrogen and oxygen atoms in total. The number of ether oxygens (including phenoxy) is 4. The molecule has 0 aromatic rings. The van der Waals surface area contributed by atoms with E-state index >= 15 is 0 Å². The Morgan fingerprint density at radius 2 is 1.04 bits per heavy atom. The molecular formula is C18H34O6. The van der Waals surface area contributed by atoms with Crippen molar-refractivity contribution in [2.45, 2.75) is 77.4 Å². The quantitative estimate of drug-likeness (QED) is 0.376. The van der Waals surface area contributed by atoms with Crippen molar-refractivity contribution < 1.29 is 28.5 Å². The van der Waals surface area contributed by atoms with Gasteiger partial charge in [-0.3, -0.25) is 0 Å². The lowest BCUT2D eigenvalue weighted by Gasteiger charge is -2.43. The first kappa shape index (κ1) is 22.9.